The molecular formula is C5H12N2O3. The van der Waals surface area contributed by atoms with Gasteiger partial charge in [0.15, 0.2) is 0 Å². The second-order valence-electron chi connectivity index (χ2n) is 1.89. The Bertz CT molecular complexity index is 118. The summed E-state index contributed by atoms with van der Waals surface area (Å²) in [5, 5.41) is 20.7. The fourth-order valence-electron chi connectivity index (χ4n) is 0. The van der Waals surface area contributed by atoms with Gasteiger partial charge in [0.05, 0.1) is 5.84 Å². The lowest BCUT2D eigenvalue weighted by Gasteiger charge is -1.95. The summed E-state index contributed by atoms with van der Waals surface area (Å²) in [5.41, 5.74) is 5.02. The largest absolute Gasteiger partial charge is 0.503 e. The Balaban J connectivity index is 0. The summed E-state index contributed by atoms with van der Waals surface area (Å²) < 4.78 is 0. The lowest BCUT2D eigenvalue weighted by Crippen LogP contribution is -2.16. The molecule has 10 heavy (non-hydrogen) atoms. The number of carboxylic acid groups (broad SMARTS) is 2. The molecule has 0 aliphatic rings. The molecule has 0 heterocycles. The molecule has 5 N–H and O–H groups in total. The van der Waals surface area contributed by atoms with E-state index >= 15 is 0 Å². The number of carbonyl (C=O) groups is 1. The normalized spacial score (nSPS) is 7.90. The molecule has 60 valence electrons. The Kier molecular flexibility index (Phi) is 6.76. The molecule has 0 aliphatic carbocycles. The van der Waals surface area contributed by atoms with Crippen molar-refractivity contribution in [2.75, 3.05) is 0 Å². The van der Waals surface area contributed by atoms with E-state index in [2.05, 4.69) is 0 Å². The minimum absolute atomic E-state index is 0.213. The van der Waals surface area contributed by atoms with Gasteiger partial charge in [-0.25, -0.2) is 4.79 Å². The van der Waals surface area contributed by atoms with E-state index in [4.69, 9.17) is 26.2 Å². The van der Waals surface area contributed by atoms with Crippen LogP contribution in [0, 0.1) is 11.3 Å². The molecule has 0 saturated heterocycles. The summed E-state index contributed by atoms with van der Waals surface area (Å²) in [7, 11) is 0. The van der Waals surface area contributed by atoms with Gasteiger partial charge in [0.25, 0.3) is 0 Å². The zero-order valence-corrected chi connectivity index (χ0v) is 5.96. The van der Waals surface area contributed by atoms with Crippen molar-refractivity contribution in [1.82, 2.24) is 0 Å². The zero-order valence-electron chi connectivity index (χ0n) is 5.96. The molecule has 0 bridgehead atoms. The van der Waals surface area contributed by atoms with E-state index < -0.39 is 6.16 Å². The molecule has 0 aliphatic heterocycles. The first kappa shape index (κ1) is 11.5. The van der Waals surface area contributed by atoms with Crippen LogP contribution in [0.25, 0.3) is 0 Å². The van der Waals surface area contributed by atoms with Crippen LogP contribution in [0.5, 0.6) is 0 Å². The van der Waals surface area contributed by atoms with Gasteiger partial charge >= 0.3 is 6.16 Å². The van der Waals surface area contributed by atoms with E-state index in [1.165, 1.54) is 0 Å². The summed E-state index contributed by atoms with van der Waals surface area (Å²) in [4.78, 5) is 8.56. The fraction of sp³-hybridized carbons (Fsp3) is 0.600. The molecule has 0 unspecified atom stereocenters. The van der Waals surface area contributed by atoms with Crippen molar-refractivity contribution in [1.29, 1.82) is 5.41 Å². The molecule has 0 aromatic carbocycles. The van der Waals surface area contributed by atoms with Gasteiger partial charge in [0, 0.05) is 5.92 Å². The monoisotopic (exact) mass is 148 g/mol. The third-order valence-electron chi connectivity index (χ3n) is 0.622. The topological polar surface area (TPSA) is 107 Å². The maximum absolute atomic E-state index is 8.56. The van der Waals surface area contributed by atoms with Crippen molar-refractivity contribution < 1.29 is 15.0 Å². The van der Waals surface area contributed by atoms with Crippen LogP contribution in [0.15, 0.2) is 0 Å². The summed E-state index contributed by atoms with van der Waals surface area (Å²) in [6.07, 6.45) is -1.83. The van der Waals surface area contributed by atoms with Crippen LogP contribution in [-0.2, 0) is 0 Å². The molecule has 5 heteroatoms. The quantitative estimate of drug-likeness (QED) is 0.326. The van der Waals surface area contributed by atoms with Gasteiger partial charge in [-0.05, 0) is 0 Å². The van der Waals surface area contributed by atoms with Crippen LogP contribution in [0.3, 0.4) is 0 Å². The smallest absolute Gasteiger partial charge is 0.450 e. The minimum Gasteiger partial charge on any atom is -0.450 e. The van der Waals surface area contributed by atoms with Gasteiger partial charge in [-0.2, -0.15) is 0 Å². The molecule has 0 aromatic rings. The SMILES string of the molecule is CC(C)C(=N)N.O=C(O)O. The van der Waals surface area contributed by atoms with E-state index in [9.17, 15) is 0 Å². The van der Waals surface area contributed by atoms with Crippen molar-refractivity contribution in [3.8, 4) is 0 Å². The van der Waals surface area contributed by atoms with Gasteiger partial charge in [-0.15, -0.1) is 0 Å². The van der Waals surface area contributed by atoms with Crippen molar-refractivity contribution in [3.05, 3.63) is 0 Å². The number of nitrogens with one attached hydrogen (secondary N) is 1. The Morgan fingerprint density at radius 2 is 1.60 bits per heavy atom. The molecule has 0 aromatic heterocycles. The first-order chi connectivity index (χ1) is 4.37. The summed E-state index contributed by atoms with van der Waals surface area (Å²) in [5.74, 6) is 0.472. The second-order valence-corrected chi connectivity index (χ2v) is 1.89. The maximum atomic E-state index is 8.56. The first-order valence-electron chi connectivity index (χ1n) is 2.63. The summed E-state index contributed by atoms with van der Waals surface area (Å²) in [6, 6.07) is 0. The minimum atomic E-state index is -1.83. The lowest BCUT2D eigenvalue weighted by atomic mass is 10.2. The molecule has 0 spiro atoms. The van der Waals surface area contributed by atoms with Gasteiger partial charge in [-0.3, -0.25) is 5.41 Å². The molecule has 0 rings (SSSR count). The highest BCUT2D eigenvalue weighted by Gasteiger charge is 1.91. The van der Waals surface area contributed by atoms with E-state index in [0.717, 1.165) is 0 Å². The standard InChI is InChI=1S/C4H10N2.CH2O3/c1-3(2)4(5)6;2-1(3)4/h3H,1-2H3,(H3,5,6);(H2,2,3,4). The summed E-state index contributed by atoms with van der Waals surface area (Å²) >= 11 is 0. The Labute approximate surface area is 59.0 Å². The van der Waals surface area contributed by atoms with Crippen LogP contribution >= 0.6 is 0 Å². The van der Waals surface area contributed by atoms with Crippen LogP contribution < -0.4 is 5.73 Å². The van der Waals surface area contributed by atoms with Crippen molar-refractivity contribution in [2.24, 2.45) is 11.7 Å². The van der Waals surface area contributed by atoms with Crippen LogP contribution in [0.4, 0.5) is 4.79 Å². The Morgan fingerprint density at radius 1 is 1.50 bits per heavy atom. The number of hydrogen-bond acceptors (Lipinski definition) is 2. The molecule has 0 radical (unpaired) electrons. The van der Waals surface area contributed by atoms with Crippen molar-refractivity contribution >= 4 is 12.0 Å². The molecular weight excluding hydrogens is 136 g/mol. The number of nitrogens with two attached hydrogens (primary N) is 1. The predicted molar refractivity (Wildman–Crippen MR) is 37.4 cm³/mol. The fourth-order valence-corrected chi connectivity index (χ4v) is 0. The number of hydrogen-bond donors (Lipinski definition) is 4. The van der Waals surface area contributed by atoms with Gasteiger partial charge in [0.2, 0.25) is 0 Å². The number of rotatable bonds is 1. The summed E-state index contributed by atoms with van der Waals surface area (Å²) in [6.45, 7) is 3.78. The predicted octanol–water partition coefficient (Wildman–Crippen LogP) is 0.801. The lowest BCUT2D eigenvalue weighted by molar-refractivity contribution is 0.137. The third kappa shape index (κ3) is 29.6. The van der Waals surface area contributed by atoms with Gasteiger partial charge in [0.1, 0.15) is 0 Å². The average molecular weight is 148 g/mol. The van der Waals surface area contributed by atoms with E-state index in [1.54, 1.807) is 0 Å². The van der Waals surface area contributed by atoms with Crippen molar-refractivity contribution in [3.63, 3.8) is 0 Å². The van der Waals surface area contributed by atoms with Gasteiger partial charge in [-0.1, -0.05) is 13.8 Å². The molecule has 0 atom stereocenters. The van der Waals surface area contributed by atoms with Crippen LogP contribution in [0.2, 0.25) is 0 Å². The third-order valence-corrected chi connectivity index (χ3v) is 0.622. The van der Waals surface area contributed by atoms with E-state index in [1.807, 2.05) is 13.8 Å². The van der Waals surface area contributed by atoms with Crippen LogP contribution in [0.1, 0.15) is 13.8 Å². The Morgan fingerprint density at radius 3 is 1.60 bits per heavy atom. The maximum Gasteiger partial charge on any atom is 0.503 e. The van der Waals surface area contributed by atoms with E-state index in [0.29, 0.717) is 0 Å². The highest BCUT2D eigenvalue weighted by molar-refractivity contribution is 5.78. The number of amidine groups is 1. The van der Waals surface area contributed by atoms with Crippen LogP contribution in [-0.4, -0.2) is 22.2 Å². The second kappa shape index (κ2) is 5.87. The molecule has 0 saturated carbocycles. The van der Waals surface area contributed by atoms with Gasteiger partial charge < -0.3 is 15.9 Å². The highest BCUT2D eigenvalue weighted by Crippen LogP contribution is 1.85. The zero-order chi connectivity index (χ0) is 8.73. The first-order valence-corrected chi connectivity index (χ1v) is 2.63. The average Bonchev–Trinajstić information content (AvgIpc) is 1.63. The molecule has 5 nitrogen and oxygen atoms in total. The highest BCUT2D eigenvalue weighted by atomic mass is 16.6. The molecule has 0 amide bonds. The Hall–Kier alpha value is -1.26. The van der Waals surface area contributed by atoms with Crippen molar-refractivity contribution in [2.45, 2.75) is 13.8 Å². The molecule has 0 fully saturated rings. The van der Waals surface area contributed by atoms with E-state index in [-0.39, 0.29) is 11.8 Å².